The first-order valence-corrected chi connectivity index (χ1v) is 16.3. The molecule has 4 aromatic rings. The Bertz CT molecular complexity index is 1680. The second-order valence-corrected chi connectivity index (χ2v) is 13.5. The minimum absolute atomic E-state index is 0.00886. The first-order valence-electron chi connectivity index (χ1n) is 15.5. The van der Waals surface area contributed by atoms with Crippen LogP contribution >= 0.6 is 11.3 Å². The summed E-state index contributed by atoms with van der Waals surface area (Å²) in [5.74, 6) is 0.347. The number of nitrogens with zero attached hydrogens (tertiary/aromatic N) is 1. The number of fused-ring (bicyclic) bond motifs is 2. The Labute approximate surface area is 260 Å². The number of ether oxygens (including phenoxy) is 2. The summed E-state index contributed by atoms with van der Waals surface area (Å²) in [4.78, 5) is 54.9. The average molecular weight is 616 g/mol. The van der Waals surface area contributed by atoms with Gasteiger partial charge in [-0.2, -0.15) is 0 Å². The van der Waals surface area contributed by atoms with Crippen molar-refractivity contribution in [2.75, 3.05) is 0 Å². The maximum Gasteiger partial charge on any atom is 0.314 e. The topological polar surface area (TPSA) is 113 Å². The van der Waals surface area contributed by atoms with Crippen LogP contribution in [0.3, 0.4) is 0 Å². The lowest BCUT2D eigenvalue weighted by atomic mass is 9.80. The van der Waals surface area contributed by atoms with Gasteiger partial charge in [-0.1, -0.05) is 12.1 Å². The molecule has 0 amide bonds. The zero-order valence-corrected chi connectivity index (χ0v) is 26.4. The van der Waals surface area contributed by atoms with E-state index in [1.807, 2.05) is 26.0 Å². The summed E-state index contributed by atoms with van der Waals surface area (Å²) in [7, 11) is 0. The number of furan rings is 1. The highest BCUT2D eigenvalue weighted by molar-refractivity contribution is 7.22. The van der Waals surface area contributed by atoms with Gasteiger partial charge in [0.25, 0.3) is 0 Å². The average Bonchev–Trinajstić information content (AvgIpc) is 3.66. The minimum Gasteiger partial charge on any atom is -0.453 e. The molecule has 8 nitrogen and oxygen atoms in total. The van der Waals surface area contributed by atoms with Crippen molar-refractivity contribution in [2.45, 2.75) is 79.1 Å². The van der Waals surface area contributed by atoms with Crippen LogP contribution in [-0.2, 0) is 19.2 Å². The summed E-state index contributed by atoms with van der Waals surface area (Å²) < 4.78 is 18.7. The summed E-state index contributed by atoms with van der Waals surface area (Å²) in [6.07, 6.45) is 5.16. The number of carbonyl (C=O) groups excluding carboxylic acids is 4. The van der Waals surface area contributed by atoms with Crippen LogP contribution in [0.25, 0.3) is 32.0 Å². The zero-order valence-electron chi connectivity index (χ0n) is 25.6. The van der Waals surface area contributed by atoms with Gasteiger partial charge < -0.3 is 13.9 Å². The summed E-state index contributed by atoms with van der Waals surface area (Å²) in [5.41, 5.74) is 3.40. The van der Waals surface area contributed by atoms with E-state index in [-0.39, 0.29) is 47.2 Å². The molecule has 6 rings (SSSR count). The third kappa shape index (κ3) is 5.94. The van der Waals surface area contributed by atoms with Crippen molar-refractivity contribution in [3.05, 3.63) is 41.5 Å². The number of thiazole rings is 1. The van der Waals surface area contributed by atoms with E-state index < -0.39 is 0 Å². The van der Waals surface area contributed by atoms with Gasteiger partial charge in [0.2, 0.25) is 0 Å². The molecule has 0 spiro atoms. The van der Waals surface area contributed by atoms with Crippen LogP contribution < -0.4 is 9.47 Å². The summed E-state index contributed by atoms with van der Waals surface area (Å²) >= 11 is 1.32. The molecule has 2 heterocycles. The van der Waals surface area contributed by atoms with E-state index in [0.717, 1.165) is 22.1 Å². The van der Waals surface area contributed by atoms with Crippen LogP contribution in [0.15, 0.2) is 34.7 Å². The lowest BCUT2D eigenvalue weighted by molar-refractivity contribution is -0.141. The van der Waals surface area contributed by atoms with Gasteiger partial charge in [-0.25, -0.2) is 4.98 Å². The number of Topliss-reactive ketones (excluding diaryl/α,β-unsaturated/α-hetero) is 2. The quantitative estimate of drug-likeness (QED) is 0.152. The van der Waals surface area contributed by atoms with E-state index in [4.69, 9.17) is 18.9 Å². The number of rotatable bonds is 7. The number of benzene rings is 2. The Kier molecular flexibility index (Phi) is 8.42. The molecule has 0 atom stereocenters. The van der Waals surface area contributed by atoms with Crippen LogP contribution in [0.4, 0.5) is 0 Å². The standard InChI is InChI=1S/C35H37NO7S/c1-18-5-6-26-17-29(41-31(26)19(18)2)33-36-30-27(42-34(39)24-11-7-22(8-12-24)20(3)37)15-16-28(32(30)44-33)43-35(40)25-13-9-23(10-14-25)21(4)38/h5-6,15-17,22-25H,7-14H2,1-4H3. The molecule has 230 valence electrons. The van der Waals surface area contributed by atoms with Gasteiger partial charge in [0.15, 0.2) is 22.3 Å². The molecule has 2 aromatic heterocycles. The predicted molar refractivity (Wildman–Crippen MR) is 168 cm³/mol. The molecular formula is C35H37NO7S. The van der Waals surface area contributed by atoms with Crippen LogP contribution in [0, 0.1) is 37.5 Å². The van der Waals surface area contributed by atoms with Gasteiger partial charge in [0.05, 0.1) is 11.8 Å². The van der Waals surface area contributed by atoms with Crippen molar-refractivity contribution in [2.24, 2.45) is 23.7 Å². The van der Waals surface area contributed by atoms with Crippen molar-refractivity contribution < 1.29 is 33.1 Å². The molecular weight excluding hydrogens is 578 g/mol. The summed E-state index contributed by atoms with van der Waals surface area (Å²) in [5, 5.41) is 1.54. The van der Waals surface area contributed by atoms with Gasteiger partial charge in [-0.3, -0.25) is 19.2 Å². The van der Waals surface area contributed by atoms with E-state index in [1.54, 1.807) is 26.0 Å². The number of hydrogen-bond acceptors (Lipinski definition) is 9. The van der Waals surface area contributed by atoms with E-state index in [2.05, 4.69) is 6.07 Å². The molecule has 0 aliphatic heterocycles. The monoisotopic (exact) mass is 615 g/mol. The van der Waals surface area contributed by atoms with Gasteiger partial charge in [0.1, 0.15) is 27.4 Å². The number of hydrogen-bond donors (Lipinski definition) is 0. The second kappa shape index (κ2) is 12.3. The second-order valence-electron chi connectivity index (χ2n) is 12.5. The summed E-state index contributed by atoms with van der Waals surface area (Å²) in [6, 6.07) is 9.30. The number of ketones is 2. The van der Waals surface area contributed by atoms with Crippen LogP contribution in [0.1, 0.15) is 76.3 Å². The molecule has 2 aliphatic rings. The van der Waals surface area contributed by atoms with Crippen molar-refractivity contribution in [3.63, 3.8) is 0 Å². The van der Waals surface area contributed by atoms with Gasteiger partial charge >= 0.3 is 11.9 Å². The largest absolute Gasteiger partial charge is 0.453 e. The minimum atomic E-state index is -0.343. The SMILES string of the molecule is CC(=O)C1CCC(C(=O)Oc2ccc(OC(=O)C3CCC(C(C)=O)CC3)c3sc(-c4cc5ccc(C)c(C)c5o4)nc23)CC1. The van der Waals surface area contributed by atoms with Gasteiger partial charge in [-0.05, 0) is 108 Å². The first-order chi connectivity index (χ1) is 21.1. The third-order valence-corrected chi connectivity index (χ3v) is 10.7. The number of esters is 2. The molecule has 44 heavy (non-hydrogen) atoms. The maximum atomic E-state index is 13.2. The smallest absolute Gasteiger partial charge is 0.314 e. The Morgan fingerprint density at radius 3 is 1.84 bits per heavy atom. The third-order valence-electron chi connectivity index (χ3n) is 9.58. The Hall–Kier alpha value is -3.85. The fourth-order valence-corrected chi connectivity index (χ4v) is 7.51. The normalized spacial score (nSPS) is 22.2. The van der Waals surface area contributed by atoms with Crippen LogP contribution in [-0.4, -0.2) is 28.5 Å². The molecule has 9 heteroatoms. The summed E-state index contributed by atoms with van der Waals surface area (Å²) in [6.45, 7) is 7.27. The van der Waals surface area contributed by atoms with Gasteiger partial charge in [-0.15, -0.1) is 11.3 Å². The number of aromatic nitrogens is 1. The first kappa shape index (κ1) is 30.2. The molecule has 2 aromatic carbocycles. The highest BCUT2D eigenvalue weighted by atomic mass is 32.1. The molecule has 0 unspecified atom stereocenters. The van der Waals surface area contributed by atoms with E-state index in [1.165, 1.54) is 11.3 Å². The highest BCUT2D eigenvalue weighted by Gasteiger charge is 2.32. The molecule has 2 aliphatic carbocycles. The Morgan fingerprint density at radius 1 is 0.750 bits per heavy atom. The lowest BCUT2D eigenvalue weighted by Gasteiger charge is -2.25. The fourth-order valence-electron chi connectivity index (χ4n) is 6.53. The van der Waals surface area contributed by atoms with Crippen LogP contribution in [0.5, 0.6) is 11.5 Å². The van der Waals surface area contributed by atoms with E-state index in [0.29, 0.717) is 83.9 Å². The molecule has 2 saturated carbocycles. The molecule has 0 N–H and O–H groups in total. The van der Waals surface area contributed by atoms with Crippen molar-refractivity contribution >= 4 is 56.0 Å². The van der Waals surface area contributed by atoms with E-state index in [9.17, 15) is 19.2 Å². The predicted octanol–water partition coefficient (Wildman–Crippen LogP) is 7.93. The molecule has 0 saturated heterocycles. The fraction of sp³-hybridized carbons (Fsp3) is 0.457. The van der Waals surface area contributed by atoms with Gasteiger partial charge in [0, 0.05) is 17.2 Å². The van der Waals surface area contributed by atoms with Crippen molar-refractivity contribution in [1.82, 2.24) is 4.98 Å². The molecule has 0 bridgehead atoms. The Balaban J connectivity index is 1.31. The van der Waals surface area contributed by atoms with Crippen molar-refractivity contribution in [3.8, 4) is 22.3 Å². The lowest BCUT2D eigenvalue weighted by Crippen LogP contribution is -2.28. The van der Waals surface area contributed by atoms with E-state index >= 15 is 0 Å². The zero-order chi connectivity index (χ0) is 31.1. The maximum absolute atomic E-state index is 13.2. The molecule has 0 radical (unpaired) electrons. The number of carbonyl (C=O) groups is 4. The Morgan fingerprint density at radius 2 is 1.27 bits per heavy atom. The number of aryl methyl sites for hydroxylation is 2. The van der Waals surface area contributed by atoms with Crippen LogP contribution in [0.2, 0.25) is 0 Å². The highest BCUT2D eigenvalue weighted by Crippen LogP contribution is 2.43. The van der Waals surface area contributed by atoms with Crippen molar-refractivity contribution in [1.29, 1.82) is 0 Å². The molecule has 2 fully saturated rings.